The van der Waals surface area contributed by atoms with Crippen LogP contribution in [0.4, 0.5) is 0 Å². The van der Waals surface area contributed by atoms with Gasteiger partial charge in [-0.15, -0.1) is 0 Å². The van der Waals surface area contributed by atoms with Crippen LogP contribution in [0.5, 0.6) is 0 Å². The molecule has 20 heavy (non-hydrogen) atoms. The van der Waals surface area contributed by atoms with Crippen molar-refractivity contribution >= 4 is 5.91 Å². The first-order chi connectivity index (χ1) is 9.60. The lowest BCUT2D eigenvalue weighted by atomic mass is 9.95. The molecular weight excluding hydrogens is 250 g/mol. The van der Waals surface area contributed by atoms with Gasteiger partial charge < -0.3 is 16.0 Å². The van der Waals surface area contributed by atoms with Crippen molar-refractivity contribution in [2.75, 3.05) is 26.2 Å². The molecule has 3 N–H and O–H groups in total. The third-order valence-electron chi connectivity index (χ3n) is 4.96. The fourth-order valence-corrected chi connectivity index (χ4v) is 3.90. The van der Waals surface area contributed by atoms with E-state index in [0.29, 0.717) is 12.5 Å². The molecule has 0 aromatic carbocycles. The van der Waals surface area contributed by atoms with Gasteiger partial charge in [0.25, 0.3) is 0 Å². The second kappa shape index (κ2) is 7.41. The number of likely N-dealkylation sites (tertiary alicyclic amines) is 1. The third-order valence-corrected chi connectivity index (χ3v) is 4.96. The van der Waals surface area contributed by atoms with Gasteiger partial charge in [-0.25, -0.2) is 0 Å². The van der Waals surface area contributed by atoms with Crippen molar-refractivity contribution in [1.82, 2.24) is 10.2 Å². The van der Waals surface area contributed by atoms with Gasteiger partial charge in [-0.3, -0.25) is 4.79 Å². The molecule has 1 saturated heterocycles. The van der Waals surface area contributed by atoms with Crippen molar-refractivity contribution in [2.45, 2.75) is 52.0 Å². The molecule has 4 atom stereocenters. The first kappa shape index (κ1) is 15.8. The van der Waals surface area contributed by atoms with Crippen LogP contribution >= 0.6 is 0 Å². The lowest BCUT2D eigenvalue weighted by Crippen LogP contribution is -2.47. The van der Waals surface area contributed by atoms with Gasteiger partial charge in [0.05, 0.1) is 0 Å². The molecule has 2 fully saturated rings. The van der Waals surface area contributed by atoms with Gasteiger partial charge in [0.2, 0.25) is 5.91 Å². The van der Waals surface area contributed by atoms with E-state index in [2.05, 4.69) is 24.1 Å². The summed E-state index contributed by atoms with van der Waals surface area (Å²) in [7, 11) is 0. The molecule has 2 rings (SSSR count). The van der Waals surface area contributed by atoms with E-state index < -0.39 is 0 Å². The maximum Gasteiger partial charge on any atom is 0.223 e. The number of rotatable bonds is 5. The average Bonchev–Trinajstić information content (AvgIpc) is 2.86. The monoisotopic (exact) mass is 281 g/mol. The Labute approximate surface area is 123 Å². The number of carbonyl (C=O) groups excluding carboxylic acids is 1. The van der Waals surface area contributed by atoms with E-state index in [0.717, 1.165) is 31.7 Å². The minimum atomic E-state index is 0.155. The lowest BCUT2D eigenvalue weighted by molar-refractivity contribution is -0.126. The highest BCUT2D eigenvalue weighted by Gasteiger charge is 2.32. The third kappa shape index (κ3) is 4.19. The molecule has 0 aromatic heterocycles. The van der Waals surface area contributed by atoms with Crippen LogP contribution in [0, 0.1) is 17.8 Å². The summed E-state index contributed by atoms with van der Waals surface area (Å²) in [5, 5.41) is 3.21. The molecule has 0 bridgehead atoms. The lowest BCUT2D eigenvalue weighted by Gasteiger charge is -2.33. The Kier molecular flexibility index (Phi) is 5.85. The van der Waals surface area contributed by atoms with Crippen molar-refractivity contribution in [3.8, 4) is 0 Å². The number of carbonyl (C=O) groups is 1. The minimum absolute atomic E-state index is 0.155. The summed E-state index contributed by atoms with van der Waals surface area (Å²) in [6.45, 7) is 8.43. The highest BCUT2D eigenvalue weighted by Crippen LogP contribution is 2.31. The van der Waals surface area contributed by atoms with Crippen molar-refractivity contribution in [3.63, 3.8) is 0 Å². The van der Waals surface area contributed by atoms with Crippen molar-refractivity contribution in [2.24, 2.45) is 23.5 Å². The van der Waals surface area contributed by atoms with E-state index in [-0.39, 0.29) is 17.9 Å². The van der Waals surface area contributed by atoms with Crippen LogP contribution in [0.25, 0.3) is 0 Å². The summed E-state index contributed by atoms with van der Waals surface area (Å²) in [5.74, 6) is 1.58. The smallest absolute Gasteiger partial charge is 0.223 e. The summed E-state index contributed by atoms with van der Waals surface area (Å²) in [6, 6.07) is 0.242. The van der Waals surface area contributed by atoms with Gasteiger partial charge in [-0.1, -0.05) is 13.3 Å². The molecule has 2 unspecified atom stereocenters. The molecule has 1 heterocycles. The van der Waals surface area contributed by atoms with Crippen molar-refractivity contribution < 1.29 is 4.79 Å². The predicted molar refractivity (Wildman–Crippen MR) is 82.3 cm³/mol. The number of amides is 1. The maximum absolute atomic E-state index is 12.3. The van der Waals surface area contributed by atoms with E-state index in [4.69, 9.17) is 5.73 Å². The van der Waals surface area contributed by atoms with Crippen LogP contribution in [0.3, 0.4) is 0 Å². The Morgan fingerprint density at radius 3 is 2.85 bits per heavy atom. The molecule has 1 amide bonds. The molecule has 4 heteroatoms. The number of nitrogens with zero attached hydrogens (tertiary/aromatic N) is 1. The summed E-state index contributed by atoms with van der Waals surface area (Å²) in [4.78, 5) is 14.8. The molecule has 1 aliphatic heterocycles. The highest BCUT2D eigenvalue weighted by molar-refractivity contribution is 5.79. The Bertz CT molecular complexity index is 321. The number of piperidine rings is 1. The minimum Gasteiger partial charge on any atom is -0.352 e. The van der Waals surface area contributed by atoms with E-state index in [1.54, 1.807) is 0 Å². The molecule has 2 aliphatic rings. The van der Waals surface area contributed by atoms with Gasteiger partial charge in [-0.05, 0) is 57.5 Å². The van der Waals surface area contributed by atoms with Crippen LogP contribution in [0.2, 0.25) is 0 Å². The summed E-state index contributed by atoms with van der Waals surface area (Å²) < 4.78 is 0. The normalized spacial score (nSPS) is 33.0. The SMILES string of the molecule is CC1CCCN(CC(C)NC(=O)[C@@H]2CCC[C@@H]2CN)C1. The molecule has 0 spiro atoms. The zero-order chi connectivity index (χ0) is 14.5. The van der Waals surface area contributed by atoms with Gasteiger partial charge in [0, 0.05) is 25.0 Å². The molecule has 1 aliphatic carbocycles. The summed E-state index contributed by atoms with van der Waals surface area (Å²) in [6.07, 6.45) is 5.92. The van der Waals surface area contributed by atoms with Gasteiger partial charge in [0.1, 0.15) is 0 Å². The van der Waals surface area contributed by atoms with E-state index in [1.165, 1.54) is 25.9 Å². The standard InChI is InChI=1S/C16H31N3O/c1-12-5-4-8-19(10-12)11-13(2)18-16(20)15-7-3-6-14(15)9-17/h12-15H,3-11,17H2,1-2H3,(H,18,20)/t12?,13?,14-,15-/m1/s1. The molecule has 1 saturated carbocycles. The second-order valence-electron chi connectivity index (χ2n) is 6.95. The Morgan fingerprint density at radius 1 is 1.35 bits per heavy atom. The zero-order valence-corrected chi connectivity index (χ0v) is 13.1. The summed E-state index contributed by atoms with van der Waals surface area (Å²) >= 11 is 0. The number of nitrogens with two attached hydrogens (primary N) is 1. The summed E-state index contributed by atoms with van der Waals surface area (Å²) in [5.41, 5.74) is 5.77. The molecule has 4 nitrogen and oxygen atoms in total. The van der Waals surface area contributed by atoms with Crippen LogP contribution in [-0.2, 0) is 4.79 Å². The molecule has 116 valence electrons. The maximum atomic E-state index is 12.3. The second-order valence-corrected chi connectivity index (χ2v) is 6.95. The molecular formula is C16H31N3O. The Hall–Kier alpha value is -0.610. The predicted octanol–water partition coefficient (Wildman–Crippen LogP) is 1.60. The Balaban J connectivity index is 1.76. The number of hydrogen-bond acceptors (Lipinski definition) is 3. The van der Waals surface area contributed by atoms with Crippen molar-refractivity contribution in [1.29, 1.82) is 0 Å². The number of nitrogens with one attached hydrogen (secondary N) is 1. The highest BCUT2D eigenvalue weighted by atomic mass is 16.2. The first-order valence-corrected chi connectivity index (χ1v) is 8.33. The Morgan fingerprint density at radius 2 is 2.15 bits per heavy atom. The fourth-order valence-electron chi connectivity index (χ4n) is 3.90. The van der Waals surface area contributed by atoms with E-state index in [1.807, 2.05) is 0 Å². The largest absolute Gasteiger partial charge is 0.352 e. The number of hydrogen-bond donors (Lipinski definition) is 2. The van der Waals surface area contributed by atoms with Crippen LogP contribution in [-0.4, -0.2) is 43.0 Å². The van der Waals surface area contributed by atoms with Crippen LogP contribution < -0.4 is 11.1 Å². The van der Waals surface area contributed by atoms with Crippen LogP contribution in [0.1, 0.15) is 46.0 Å². The molecule has 0 aromatic rings. The van der Waals surface area contributed by atoms with E-state index >= 15 is 0 Å². The van der Waals surface area contributed by atoms with Crippen LogP contribution in [0.15, 0.2) is 0 Å². The van der Waals surface area contributed by atoms with Gasteiger partial charge in [-0.2, -0.15) is 0 Å². The van der Waals surface area contributed by atoms with E-state index in [9.17, 15) is 4.79 Å². The molecule has 0 radical (unpaired) electrons. The van der Waals surface area contributed by atoms with Gasteiger partial charge >= 0.3 is 0 Å². The average molecular weight is 281 g/mol. The fraction of sp³-hybridized carbons (Fsp3) is 0.938. The van der Waals surface area contributed by atoms with Gasteiger partial charge in [0.15, 0.2) is 0 Å². The quantitative estimate of drug-likeness (QED) is 0.805. The zero-order valence-electron chi connectivity index (χ0n) is 13.1. The van der Waals surface area contributed by atoms with Crippen molar-refractivity contribution in [3.05, 3.63) is 0 Å². The first-order valence-electron chi connectivity index (χ1n) is 8.33. The topological polar surface area (TPSA) is 58.4 Å².